The normalized spacial score (nSPS) is 21.4. The van der Waals surface area contributed by atoms with E-state index >= 15 is 4.39 Å². The van der Waals surface area contributed by atoms with E-state index in [2.05, 4.69) is 59.9 Å². The summed E-state index contributed by atoms with van der Waals surface area (Å²) >= 11 is 0. The summed E-state index contributed by atoms with van der Waals surface area (Å²) in [4.78, 5) is 66.7. The Kier molecular flexibility index (Phi) is 13.0. The van der Waals surface area contributed by atoms with Gasteiger partial charge >= 0.3 is 0 Å². The summed E-state index contributed by atoms with van der Waals surface area (Å²) in [5.74, 6) is -0.0854. The number of piperidine rings is 1. The van der Waals surface area contributed by atoms with E-state index < -0.39 is 11.7 Å². The molecule has 4 fully saturated rings. The van der Waals surface area contributed by atoms with Crippen LogP contribution in [0.5, 0.6) is 0 Å². The van der Waals surface area contributed by atoms with E-state index in [-0.39, 0.29) is 17.0 Å². The van der Waals surface area contributed by atoms with Crippen molar-refractivity contribution in [2.45, 2.75) is 38.5 Å². The zero-order valence-corrected chi connectivity index (χ0v) is 34.9. The van der Waals surface area contributed by atoms with Gasteiger partial charge in [0.05, 0.1) is 28.9 Å². The Balaban J connectivity index is 0.802. The molecule has 6 heterocycles. The molecule has 2 aromatic heterocycles. The standard InChI is InChI=1S/C45H57FN10O4/c1-3-51-13-6-7-34(29-51)35-25-42(41(31-57)47-26-35)56-28-33(12-14-50(56)2)27-52-15-17-53(18-16-52)30-43(58)54-19-21-55(22-20-54)45(60)38-23-32(10-11-39(38)46)24-40-36-8-4-5-9-37(36)44(59)49-48-40/h4-5,8-11,23,25-26,31,33-34H,3,6-7,12-22,24,27-30H2,1-2H3,(H,49,59). The molecule has 0 aliphatic carbocycles. The number of aromatic amines is 1. The molecule has 0 radical (unpaired) electrons. The van der Waals surface area contributed by atoms with E-state index in [0.717, 1.165) is 90.3 Å². The number of halogens is 1. The van der Waals surface area contributed by atoms with Crippen molar-refractivity contribution in [2.24, 2.45) is 5.92 Å². The summed E-state index contributed by atoms with van der Waals surface area (Å²) in [6.45, 7) is 13.3. The molecule has 8 rings (SSSR count). The van der Waals surface area contributed by atoms with Gasteiger partial charge in [-0.15, -0.1) is 0 Å². The van der Waals surface area contributed by atoms with Crippen molar-refractivity contribution in [2.75, 3.05) is 110 Å². The Labute approximate surface area is 350 Å². The summed E-state index contributed by atoms with van der Waals surface area (Å²) in [6.07, 6.45) is 6.50. The summed E-state index contributed by atoms with van der Waals surface area (Å²) in [7, 11) is 2.10. The molecule has 4 aliphatic rings. The van der Waals surface area contributed by atoms with Gasteiger partial charge in [-0.1, -0.05) is 31.2 Å². The van der Waals surface area contributed by atoms with Gasteiger partial charge in [-0.25, -0.2) is 14.5 Å². The van der Waals surface area contributed by atoms with Crippen LogP contribution in [0.25, 0.3) is 10.8 Å². The third-order valence-electron chi connectivity index (χ3n) is 13.1. The molecule has 14 nitrogen and oxygen atoms in total. The number of nitrogens with zero attached hydrogens (tertiary/aromatic N) is 9. The van der Waals surface area contributed by atoms with Crippen LogP contribution in [0.1, 0.15) is 69.8 Å². The Morgan fingerprint density at radius 2 is 1.62 bits per heavy atom. The van der Waals surface area contributed by atoms with Gasteiger partial charge < -0.3 is 24.6 Å². The molecule has 318 valence electrons. The highest BCUT2D eigenvalue weighted by Gasteiger charge is 2.32. The number of fused-ring (bicyclic) bond motifs is 1. The first-order chi connectivity index (χ1) is 29.2. The van der Waals surface area contributed by atoms with Gasteiger partial charge in [0.15, 0.2) is 6.29 Å². The number of likely N-dealkylation sites (tertiary alicyclic amines) is 1. The number of hydrazine groups is 1. The summed E-state index contributed by atoms with van der Waals surface area (Å²) in [5, 5.41) is 12.5. The predicted octanol–water partition coefficient (Wildman–Crippen LogP) is 3.34. The molecule has 4 saturated heterocycles. The fourth-order valence-corrected chi connectivity index (χ4v) is 9.47. The lowest BCUT2D eigenvalue weighted by Gasteiger charge is -2.44. The number of H-pyrrole nitrogens is 1. The molecule has 60 heavy (non-hydrogen) atoms. The Morgan fingerprint density at radius 3 is 2.38 bits per heavy atom. The Hall–Kier alpha value is -5.09. The number of anilines is 1. The fourth-order valence-electron chi connectivity index (χ4n) is 9.47. The van der Waals surface area contributed by atoms with Crippen molar-refractivity contribution in [3.05, 3.63) is 99.0 Å². The van der Waals surface area contributed by atoms with Gasteiger partial charge in [0.2, 0.25) is 5.91 Å². The highest BCUT2D eigenvalue weighted by molar-refractivity contribution is 5.95. The van der Waals surface area contributed by atoms with Gasteiger partial charge in [-0.3, -0.25) is 29.1 Å². The van der Waals surface area contributed by atoms with E-state index in [1.54, 1.807) is 29.2 Å². The van der Waals surface area contributed by atoms with Gasteiger partial charge in [0.25, 0.3) is 11.5 Å². The number of carbonyl (C=O) groups excluding carboxylic acids is 3. The molecule has 0 bridgehead atoms. The first-order valence-corrected chi connectivity index (χ1v) is 21.6. The van der Waals surface area contributed by atoms with Crippen molar-refractivity contribution in [3.63, 3.8) is 0 Å². The van der Waals surface area contributed by atoms with Gasteiger partial charge in [-0.05, 0) is 79.6 Å². The van der Waals surface area contributed by atoms with Crippen LogP contribution >= 0.6 is 0 Å². The number of amides is 2. The highest BCUT2D eigenvalue weighted by Crippen LogP contribution is 2.32. The zero-order chi connectivity index (χ0) is 41.8. The topological polar surface area (TPSA) is 133 Å². The summed E-state index contributed by atoms with van der Waals surface area (Å²) in [6, 6.07) is 13.9. The molecule has 2 aromatic carbocycles. The average molecular weight is 821 g/mol. The molecule has 15 heteroatoms. The lowest BCUT2D eigenvalue weighted by atomic mass is 9.91. The lowest BCUT2D eigenvalue weighted by molar-refractivity contribution is -0.134. The monoisotopic (exact) mass is 820 g/mol. The van der Waals surface area contributed by atoms with Crippen LogP contribution in [0, 0.1) is 11.7 Å². The molecule has 4 aromatic rings. The molecule has 2 atom stereocenters. The fraction of sp³-hybridized carbons (Fsp3) is 0.511. The van der Waals surface area contributed by atoms with E-state index in [0.29, 0.717) is 78.7 Å². The number of benzene rings is 2. The third-order valence-corrected chi connectivity index (χ3v) is 13.1. The van der Waals surface area contributed by atoms with Crippen molar-refractivity contribution in [1.29, 1.82) is 0 Å². The van der Waals surface area contributed by atoms with Gasteiger partial charge in [-0.2, -0.15) is 5.10 Å². The Bertz CT molecular complexity index is 2240. The van der Waals surface area contributed by atoms with Crippen LogP contribution < -0.4 is 10.6 Å². The number of likely N-dealkylation sites (N-methyl/N-ethyl adjacent to an activating group) is 1. The number of nitrogens with one attached hydrogen (secondary N) is 1. The number of aromatic nitrogens is 3. The minimum absolute atomic E-state index is 0.0120. The van der Waals surface area contributed by atoms with E-state index in [4.69, 9.17) is 0 Å². The maximum atomic E-state index is 15.1. The molecular weight excluding hydrogens is 764 g/mol. The van der Waals surface area contributed by atoms with Gasteiger partial charge in [0.1, 0.15) is 11.5 Å². The van der Waals surface area contributed by atoms with Crippen LogP contribution in [-0.2, 0) is 11.2 Å². The van der Waals surface area contributed by atoms with Crippen molar-refractivity contribution < 1.29 is 18.8 Å². The van der Waals surface area contributed by atoms with Crippen LogP contribution in [-0.4, -0.2) is 168 Å². The molecule has 1 N–H and O–H groups in total. The number of piperazine rings is 2. The third kappa shape index (κ3) is 9.29. The zero-order valence-electron chi connectivity index (χ0n) is 34.9. The maximum absolute atomic E-state index is 15.1. The van der Waals surface area contributed by atoms with Crippen LogP contribution in [0.15, 0.2) is 59.5 Å². The largest absolute Gasteiger partial charge is 0.338 e. The molecule has 0 spiro atoms. The second-order valence-electron chi connectivity index (χ2n) is 16.9. The van der Waals surface area contributed by atoms with Crippen molar-refractivity contribution in [1.82, 2.24) is 44.7 Å². The number of pyridine rings is 1. The predicted molar refractivity (Wildman–Crippen MR) is 229 cm³/mol. The van der Waals surface area contributed by atoms with E-state index in [9.17, 15) is 19.2 Å². The number of hydrogen-bond donors (Lipinski definition) is 1. The number of carbonyl (C=O) groups is 3. The second kappa shape index (κ2) is 18.7. The minimum atomic E-state index is -0.596. The molecule has 2 unspecified atom stereocenters. The number of aldehydes is 1. The molecule has 0 saturated carbocycles. The smallest absolute Gasteiger partial charge is 0.272 e. The minimum Gasteiger partial charge on any atom is -0.338 e. The van der Waals surface area contributed by atoms with Gasteiger partial charge in [0, 0.05) is 104 Å². The van der Waals surface area contributed by atoms with Crippen molar-refractivity contribution in [3.8, 4) is 0 Å². The first-order valence-electron chi connectivity index (χ1n) is 21.6. The molecule has 2 amide bonds. The van der Waals surface area contributed by atoms with Crippen LogP contribution in [0.3, 0.4) is 0 Å². The highest BCUT2D eigenvalue weighted by atomic mass is 19.1. The van der Waals surface area contributed by atoms with E-state index in [1.807, 2.05) is 23.2 Å². The van der Waals surface area contributed by atoms with E-state index in [1.165, 1.54) is 18.1 Å². The SMILES string of the molecule is CCN1CCCC(c2cnc(C=O)c(N3CC(CN4CCN(CC(=O)N5CCN(C(=O)c6cc(Cc7n[nH]c(=O)c8ccccc78)ccc6F)CC5)CC4)CCN3C)c2)C1. The Morgan fingerprint density at radius 1 is 0.867 bits per heavy atom. The van der Waals surface area contributed by atoms with Crippen LogP contribution in [0.2, 0.25) is 0 Å². The quantitative estimate of drug-likeness (QED) is 0.224. The number of hydrogen-bond acceptors (Lipinski definition) is 11. The summed E-state index contributed by atoms with van der Waals surface area (Å²) < 4.78 is 15.1. The molecule has 4 aliphatic heterocycles. The molecular formula is C45H57FN10O4. The lowest BCUT2D eigenvalue weighted by Crippen LogP contribution is -2.56. The summed E-state index contributed by atoms with van der Waals surface area (Å²) in [5.41, 5.74) is 3.67. The second-order valence-corrected chi connectivity index (χ2v) is 16.9. The first kappa shape index (κ1) is 41.6. The maximum Gasteiger partial charge on any atom is 0.272 e. The average Bonchev–Trinajstić information content (AvgIpc) is 3.29. The number of rotatable bonds is 11. The van der Waals surface area contributed by atoms with Crippen molar-refractivity contribution >= 4 is 34.6 Å². The van der Waals surface area contributed by atoms with Crippen LogP contribution in [0.4, 0.5) is 10.1 Å².